The van der Waals surface area contributed by atoms with Crippen LogP contribution in [0, 0.1) is 0 Å². The number of rotatable bonds is 6. The number of anilines is 1. The van der Waals surface area contributed by atoms with E-state index in [-0.39, 0.29) is 11.5 Å². The number of hydrogen-bond donors (Lipinski definition) is 3. The summed E-state index contributed by atoms with van der Waals surface area (Å²) in [5, 5.41) is 8.49. The molecule has 0 radical (unpaired) electrons. The van der Waals surface area contributed by atoms with Crippen LogP contribution in [0.1, 0.15) is 12.5 Å². The van der Waals surface area contributed by atoms with Crippen molar-refractivity contribution >= 4 is 39.9 Å². The Morgan fingerprint density at radius 2 is 1.88 bits per heavy atom. The Morgan fingerprint density at radius 3 is 2.68 bits per heavy atom. The molecular weight excluding hydrogens is 357 g/mol. The molecule has 3 rings (SSSR count). The first-order valence-corrected chi connectivity index (χ1v) is 8.82. The minimum absolute atomic E-state index is 0.00766. The lowest BCUT2D eigenvalue weighted by Crippen LogP contribution is -2.32. The lowest BCUT2D eigenvalue weighted by molar-refractivity contribution is 0.568. The molecular formula is C19H19Cl2N3O. The fourth-order valence-electron chi connectivity index (χ4n) is 2.57. The van der Waals surface area contributed by atoms with E-state index < -0.39 is 0 Å². The number of para-hydroxylation sites is 1. The van der Waals surface area contributed by atoms with Gasteiger partial charge in [0.05, 0.1) is 15.6 Å². The topological polar surface area (TPSA) is 56.9 Å². The SMILES string of the molecule is CC(CNc1cc(=O)c2ccccc2[nH]1)NCc1ccc(Cl)c(Cl)c1. The zero-order valence-electron chi connectivity index (χ0n) is 13.8. The van der Waals surface area contributed by atoms with Crippen molar-refractivity contribution in [1.82, 2.24) is 10.3 Å². The van der Waals surface area contributed by atoms with Crippen LogP contribution in [-0.2, 0) is 6.54 Å². The molecule has 0 fully saturated rings. The van der Waals surface area contributed by atoms with Gasteiger partial charge in [0.2, 0.25) is 0 Å². The van der Waals surface area contributed by atoms with Crippen LogP contribution < -0.4 is 16.1 Å². The fourth-order valence-corrected chi connectivity index (χ4v) is 2.89. The number of H-pyrrole nitrogens is 1. The Morgan fingerprint density at radius 1 is 1.08 bits per heavy atom. The highest BCUT2D eigenvalue weighted by Gasteiger charge is 2.05. The monoisotopic (exact) mass is 375 g/mol. The van der Waals surface area contributed by atoms with Crippen LogP contribution in [0.25, 0.3) is 10.9 Å². The van der Waals surface area contributed by atoms with Crippen molar-refractivity contribution in [3.8, 4) is 0 Å². The highest BCUT2D eigenvalue weighted by molar-refractivity contribution is 6.42. The van der Waals surface area contributed by atoms with Gasteiger partial charge in [-0.1, -0.05) is 41.4 Å². The molecule has 0 saturated heterocycles. The zero-order valence-corrected chi connectivity index (χ0v) is 15.3. The second-order valence-corrected chi connectivity index (χ2v) is 6.82. The highest BCUT2D eigenvalue weighted by Crippen LogP contribution is 2.22. The van der Waals surface area contributed by atoms with Crippen LogP contribution in [0.15, 0.2) is 53.3 Å². The molecule has 1 unspecified atom stereocenters. The molecule has 0 amide bonds. The van der Waals surface area contributed by atoms with Gasteiger partial charge in [-0.3, -0.25) is 4.79 Å². The van der Waals surface area contributed by atoms with Gasteiger partial charge in [0.1, 0.15) is 5.82 Å². The Hall–Kier alpha value is -2.01. The number of aromatic nitrogens is 1. The van der Waals surface area contributed by atoms with E-state index in [1.807, 2.05) is 36.4 Å². The van der Waals surface area contributed by atoms with Crippen LogP contribution in [0.5, 0.6) is 0 Å². The second kappa shape index (κ2) is 7.91. The van der Waals surface area contributed by atoms with Crippen LogP contribution in [-0.4, -0.2) is 17.6 Å². The predicted octanol–water partition coefficient (Wildman–Crippen LogP) is 4.43. The van der Waals surface area contributed by atoms with Gasteiger partial charge in [0.25, 0.3) is 0 Å². The molecule has 0 aliphatic heterocycles. The molecule has 4 nitrogen and oxygen atoms in total. The molecule has 0 aliphatic rings. The summed E-state index contributed by atoms with van der Waals surface area (Å²) in [6.07, 6.45) is 0. The second-order valence-electron chi connectivity index (χ2n) is 6.00. The molecule has 0 spiro atoms. The summed E-state index contributed by atoms with van der Waals surface area (Å²) in [5.41, 5.74) is 1.91. The lowest BCUT2D eigenvalue weighted by Gasteiger charge is -2.16. The van der Waals surface area contributed by atoms with E-state index in [1.54, 1.807) is 12.1 Å². The number of hydrogen-bond acceptors (Lipinski definition) is 3. The quantitative estimate of drug-likeness (QED) is 0.597. The summed E-state index contributed by atoms with van der Waals surface area (Å²) in [6, 6.07) is 14.9. The number of aromatic amines is 1. The van der Waals surface area contributed by atoms with E-state index in [0.717, 1.165) is 11.1 Å². The summed E-state index contributed by atoms with van der Waals surface area (Å²) in [7, 11) is 0. The maximum Gasteiger partial charge on any atom is 0.191 e. The largest absolute Gasteiger partial charge is 0.370 e. The van der Waals surface area contributed by atoms with E-state index in [1.165, 1.54) is 0 Å². The molecule has 130 valence electrons. The molecule has 0 aliphatic carbocycles. The number of benzene rings is 2. The summed E-state index contributed by atoms with van der Waals surface area (Å²) < 4.78 is 0. The molecule has 6 heteroatoms. The Bertz CT molecular complexity index is 939. The molecule has 1 atom stereocenters. The Kier molecular flexibility index (Phi) is 5.63. The Labute approximate surface area is 156 Å². The average Bonchev–Trinajstić information content (AvgIpc) is 2.61. The molecule has 3 aromatic rings. The van der Waals surface area contributed by atoms with E-state index in [4.69, 9.17) is 23.2 Å². The first-order valence-electron chi connectivity index (χ1n) is 8.06. The lowest BCUT2D eigenvalue weighted by atomic mass is 10.2. The van der Waals surface area contributed by atoms with Gasteiger partial charge in [-0.15, -0.1) is 0 Å². The molecule has 25 heavy (non-hydrogen) atoms. The number of pyridine rings is 1. The van der Waals surface area contributed by atoms with E-state index >= 15 is 0 Å². The summed E-state index contributed by atoms with van der Waals surface area (Å²) >= 11 is 12.0. The average molecular weight is 376 g/mol. The van der Waals surface area contributed by atoms with Gasteiger partial charge in [-0.2, -0.15) is 0 Å². The maximum atomic E-state index is 12.1. The van der Waals surface area contributed by atoms with Crippen molar-refractivity contribution in [3.05, 3.63) is 74.4 Å². The molecule has 1 aromatic heterocycles. The maximum absolute atomic E-state index is 12.1. The standard InChI is InChI=1S/C19H19Cl2N3O/c1-12(22-11-13-6-7-15(20)16(21)8-13)10-23-19-9-18(25)14-4-2-3-5-17(14)24-19/h2-9,12,22H,10-11H2,1H3,(H2,23,24,25). The van der Waals surface area contributed by atoms with Crippen molar-refractivity contribution in [2.45, 2.75) is 19.5 Å². The number of nitrogens with one attached hydrogen (secondary N) is 3. The van der Waals surface area contributed by atoms with Crippen LogP contribution in [0.3, 0.4) is 0 Å². The number of fused-ring (bicyclic) bond motifs is 1. The van der Waals surface area contributed by atoms with Crippen molar-refractivity contribution in [2.24, 2.45) is 0 Å². The van der Waals surface area contributed by atoms with Gasteiger partial charge in [0, 0.05) is 30.6 Å². The van der Waals surface area contributed by atoms with Gasteiger partial charge in [0.15, 0.2) is 5.43 Å². The third-order valence-electron chi connectivity index (χ3n) is 3.97. The highest BCUT2D eigenvalue weighted by atomic mass is 35.5. The van der Waals surface area contributed by atoms with E-state index in [0.29, 0.717) is 34.3 Å². The normalized spacial score (nSPS) is 12.3. The molecule has 0 saturated carbocycles. The minimum Gasteiger partial charge on any atom is -0.370 e. The van der Waals surface area contributed by atoms with Crippen LogP contribution in [0.4, 0.5) is 5.82 Å². The van der Waals surface area contributed by atoms with Crippen molar-refractivity contribution < 1.29 is 0 Å². The molecule has 3 N–H and O–H groups in total. The predicted molar refractivity (Wildman–Crippen MR) is 106 cm³/mol. The first kappa shape index (κ1) is 17.8. The van der Waals surface area contributed by atoms with E-state index in [9.17, 15) is 4.79 Å². The summed E-state index contributed by atoms with van der Waals surface area (Å²) in [6.45, 7) is 3.44. The van der Waals surface area contributed by atoms with Crippen molar-refractivity contribution in [2.75, 3.05) is 11.9 Å². The van der Waals surface area contributed by atoms with Gasteiger partial charge in [-0.05, 0) is 36.8 Å². The fraction of sp³-hybridized carbons (Fsp3) is 0.211. The minimum atomic E-state index is 0.00766. The number of halogens is 2. The van der Waals surface area contributed by atoms with Gasteiger partial charge < -0.3 is 15.6 Å². The molecule has 2 aromatic carbocycles. The van der Waals surface area contributed by atoms with Crippen molar-refractivity contribution in [1.29, 1.82) is 0 Å². The molecule has 1 heterocycles. The van der Waals surface area contributed by atoms with E-state index in [2.05, 4.69) is 22.5 Å². The third kappa shape index (κ3) is 4.54. The smallest absolute Gasteiger partial charge is 0.191 e. The Balaban J connectivity index is 1.57. The van der Waals surface area contributed by atoms with Gasteiger partial charge in [-0.25, -0.2) is 0 Å². The summed E-state index contributed by atoms with van der Waals surface area (Å²) in [4.78, 5) is 15.4. The van der Waals surface area contributed by atoms with Crippen LogP contribution in [0.2, 0.25) is 10.0 Å². The first-order chi connectivity index (χ1) is 12.0. The molecule has 0 bridgehead atoms. The summed E-state index contributed by atoms with van der Waals surface area (Å²) in [5.74, 6) is 0.715. The third-order valence-corrected chi connectivity index (χ3v) is 4.71. The van der Waals surface area contributed by atoms with Gasteiger partial charge >= 0.3 is 0 Å². The zero-order chi connectivity index (χ0) is 17.8. The van der Waals surface area contributed by atoms with Crippen LogP contribution >= 0.6 is 23.2 Å². The van der Waals surface area contributed by atoms with Crippen molar-refractivity contribution in [3.63, 3.8) is 0 Å².